The van der Waals surface area contributed by atoms with Gasteiger partial charge in [0.1, 0.15) is 5.72 Å². The Morgan fingerprint density at radius 3 is 2.46 bits per heavy atom. The summed E-state index contributed by atoms with van der Waals surface area (Å²) < 4.78 is 5.60. The second-order valence-corrected chi connectivity index (χ2v) is 4.07. The van der Waals surface area contributed by atoms with Gasteiger partial charge < -0.3 is 9.64 Å². The predicted octanol–water partition coefficient (Wildman–Crippen LogP) is 1.55. The number of amides is 1. The van der Waals surface area contributed by atoms with Crippen molar-refractivity contribution in [3.05, 3.63) is 12.2 Å². The Hall–Kier alpha value is -0.830. The van der Waals surface area contributed by atoms with Crippen LogP contribution in [0.15, 0.2) is 12.2 Å². The molecule has 1 aliphatic heterocycles. The van der Waals surface area contributed by atoms with Crippen LogP contribution in [-0.4, -0.2) is 29.2 Å². The number of rotatable bonds is 1. The smallest absolute Gasteiger partial charge is 0.251 e. The summed E-state index contributed by atoms with van der Waals surface area (Å²) in [5, 5.41) is 0. The average Bonchev–Trinajstić information content (AvgIpc) is 2.22. The lowest BCUT2D eigenvalue weighted by Gasteiger charge is -2.29. The van der Waals surface area contributed by atoms with Gasteiger partial charge in [-0.3, -0.25) is 4.79 Å². The first-order valence-corrected chi connectivity index (χ1v) is 4.50. The lowest BCUT2D eigenvalue weighted by Crippen LogP contribution is -2.43. The molecule has 1 heterocycles. The van der Waals surface area contributed by atoms with Gasteiger partial charge in [0.05, 0.1) is 6.10 Å². The van der Waals surface area contributed by atoms with Crippen LogP contribution in [-0.2, 0) is 9.53 Å². The van der Waals surface area contributed by atoms with Crippen LogP contribution in [0.25, 0.3) is 0 Å². The summed E-state index contributed by atoms with van der Waals surface area (Å²) in [4.78, 5) is 13.4. The van der Waals surface area contributed by atoms with Gasteiger partial charge in [-0.25, -0.2) is 0 Å². The fourth-order valence-electron chi connectivity index (χ4n) is 1.63. The van der Waals surface area contributed by atoms with E-state index in [4.69, 9.17) is 4.74 Å². The molecular formula is C10H17NO2. The molecule has 0 radical (unpaired) electrons. The standard InChI is InChI=1S/C10H17NO2/c1-7(2)9(12)11-6-8(3)13-10(11,4)5/h8H,1,6H2,2-5H3. The van der Waals surface area contributed by atoms with E-state index in [2.05, 4.69) is 6.58 Å². The third kappa shape index (κ3) is 1.91. The molecule has 0 bridgehead atoms. The molecule has 0 spiro atoms. The molecule has 1 saturated heterocycles. The van der Waals surface area contributed by atoms with E-state index in [-0.39, 0.29) is 12.0 Å². The second-order valence-electron chi connectivity index (χ2n) is 4.07. The van der Waals surface area contributed by atoms with Crippen LogP contribution >= 0.6 is 0 Å². The molecule has 1 aliphatic rings. The highest BCUT2D eigenvalue weighted by molar-refractivity contribution is 5.92. The third-order valence-electron chi connectivity index (χ3n) is 2.19. The molecule has 13 heavy (non-hydrogen) atoms. The molecule has 74 valence electrons. The highest BCUT2D eigenvalue weighted by Gasteiger charge is 2.40. The molecular weight excluding hydrogens is 166 g/mol. The molecule has 1 unspecified atom stereocenters. The summed E-state index contributed by atoms with van der Waals surface area (Å²) in [7, 11) is 0. The Morgan fingerprint density at radius 1 is 1.62 bits per heavy atom. The minimum atomic E-state index is -0.491. The Labute approximate surface area is 79.4 Å². The van der Waals surface area contributed by atoms with Gasteiger partial charge in [-0.05, 0) is 27.7 Å². The van der Waals surface area contributed by atoms with Crippen molar-refractivity contribution in [2.75, 3.05) is 6.54 Å². The Kier molecular flexibility index (Phi) is 2.48. The molecule has 0 N–H and O–H groups in total. The highest BCUT2D eigenvalue weighted by atomic mass is 16.5. The van der Waals surface area contributed by atoms with Crippen LogP contribution in [0.1, 0.15) is 27.7 Å². The van der Waals surface area contributed by atoms with Gasteiger partial charge >= 0.3 is 0 Å². The van der Waals surface area contributed by atoms with Gasteiger partial charge in [-0.2, -0.15) is 0 Å². The van der Waals surface area contributed by atoms with Gasteiger partial charge in [0.15, 0.2) is 0 Å². The van der Waals surface area contributed by atoms with E-state index >= 15 is 0 Å². The highest BCUT2D eigenvalue weighted by Crippen LogP contribution is 2.27. The van der Waals surface area contributed by atoms with E-state index in [1.54, 1.807) is 11.8 Å². The first kappa shape index (κ1) is 10.3. The Bertz CT molecular complexity index is 245. The molecule has 1 amide bonds. The summed E-state index contributed by atoms with van der Waals surface area (Å²) in [6.45, 7) is 11.8. The van der Waals surface area contributed by atoms with Crippen LogP contribution in [0.4, 0.5) is 0 Å². The SMILES string of the molecule is C=C(C)C(=O)N1CC(C)OC1(C)C. The third-order valence-corrected chi connectivity index (χ3v) is 2.19. The van der Waals surface area contributed by atoms with E-state index in [0.29, 0.717) is 12.1 Å². The largest absolute Gasteiger partial charge is 0.351 e. The molecule has 1 fully saturated rings. The van der Waals surface area contributed by atoms with E-state index in [1.165, 1.54) is 0 Å². The molecule has 0 aromatic carbocycles. The quantitative estimate of drug-likeness (QED) is 0.577. The lowest BCUT2D eigenvalue weighted by atomic mass is 10.2. The number of hydrogen-bond acceptors (Lipinski definition) is 2. The monoisotopic (exact) mass is 183 g/mol. The van der Waals surface area contributed by atoms with E-state index in [1.807, 2.05) is 20.8 Å². The maximum absolute atomic E-state index is 11.7. The predicted molar refractivity (Wildman–Crippen MR) is 51.2 cm³/mol. The van der Waals surface area contributed by atoms with Crippen molar-refractivity contribution in [2.24, 2.45) is 0 Å². The number of nitrogens with zero attached hydrogens (tertiary/aromatic N) is 1. The van der Waals surface area contributed by atoms with Crippen LogP contribution in [0, 0.1) is 0 Å². The van der Waals surface area contributed by atoms with Gasteiger partial charge in [-0.1, -0.05) is 6.58 Å². The number of ether oxygens (including phenoxy) is 1. The van der Waals surface area contributed by atoms with E-state index < -0.39 is 5.72 Å². The zero-order valence-electron chi connectivity index (χ0n) is 8.76. The first-order chi connectivity index (χ1) is 5.84. The van der Waals surface area contributed by atoms with Crippen molar-refractivity contribution in [1.82, 2.24) is 4.90 Å². The van der Waals surface area contributed by atoms with E-state index in [9.17, 15) is 4.79 Å². The number of carbonyl (C=O) groups excluding carboxylic acids is 1. The number of carbonyl (C=O) groups is 1. The van der Waals surface area contributed by atoms with Gasteiger partial charge in [-0.15, -0.1) is 0 Å². The fourth-order valence-corrected chi connectivity index (χ4v) is 1.63. The summed E-state index contributed by atoms with van der Waals surface area (Å²) in [6.07, 6.45) is 0.110. The minimum absolute atomic E-state index is 0.0191. The van der Waals surface area contributed by atoms with Gasteiger partial charge in [0.25, 0.3) is 5.91 Å². The first-order valence-electron chi connectivity index (χ1n) is 4.50. The van der Waals surface area contributed by atoms with Crippen LogP contribution in [0.5, 0.6) is 0 Å². The van der Waals surface area contributed by atoms with Gasteiger partial charge in [0, 0.05) is 12.1 Å². The summed E-state index contributed by atoms with van der Waals surface area (Å²) in [5.41, 5.74) is 0.0703. The average molecular weight is 183 g/mol. The van der Waals surface area contributed by atoms with Crippen molar-refractivity contribution < 1.29 is 9.53 Å². The van der Waals surface area contributed by atoms with E-state index in [0.717, 1.165) is 0 Å². The van der Waals surface area contributed by atoms with Crippen LogP contribution in [0.3, 0.4) is 0 Å². The normalized spacial score (nSPS) is 26.2. The molecule has 1 atom stereocenters. The molecule has 0 aromatic rings. The Balaban J connectivity index is 2.81. The fraction of sp³-hybridized carbons (Fsp3) is 0.700. The van der Waals surface area contributed by atoms with Crippen molar-refractivity contribution in [2.45, 2.75) is 39.5 Å². The minimum Gasteiger partial charge on any atom is -0.351 e. The maximum Gasteiger partial charge on any atom is 0.251 e. The maximum atomic E-state index is 11.7. The lowest BCUT2D eigenvalue weighted by molar-refractivity contribution is -0.141. The molecule has 0 aliphatic carbocycles. The summed E-state index contributed by atoms with van der Waals surface area (Å²) >= 11 is 0. The van der Waals surface area contributed by atoms with Crippen molar-refractivity contribution in [3.8, 4) is 0 Å². The van der Waals surface area contributed by atoms with Crippen molar-refractivity contribution in [3.63, 3.8) is 0 Å². The van der Waals surface area contributed by atoms with Crippen LogP contribution in [0.2, 0.25) is 0 Å². The van der Waals surface area contributed by atoms with Gasteiger partial charge in [0.2, 0.25) is 0 Å². The summed E-state index contributed by atoms with van der Waals surface area (Å²) in [6, 6.07) is 0. The Morgan fingerprint density at radius 2 is 2.15 bits per heavy atom. The zero-order valence-corrected chi connectivity index (χ0v) is 8.76. The molecule has 0 aromatic heterocycles. The topological polar surface area (TPSA) is 29.5 Å². The molecule has 1 rings (SSSR count). The number of hydrogen-bond donors (Lipinski definition) is 0. The molecule has 3 nitrogen and oxygen atoms in total. The van der Waals surface area contributed by atoms with Crippen LogP contribution < -0.4 is 0 Å². The second kappa shape index (κ2) is 3.14. The molecule has 3 heteroatoms. The molecule has 0 saturated carbocycles. The van der Waals surface area contributed by atoms with Crippen molar-refractivity contribution >= 4 is 5.91 Å². The van der Waals surface area contributed by atoms with Crippen molar-refractivity contribution in [1.29, 1.82) is 0 Å². The zero-order chi connectivity index (χ0) is 10.2. The summed E-state index contributed by atoms with van der Waals surface area (Å²) in [5.74, 6) is -0.0191.